The Morgan fingerprint density at radius 3 is 2.62 bits per heavy atom. The first-order valence-corrected chi connectivity index (χ1v) is 12.0. The molecule has 1 aromatic rings. The molecule has 0 saturated carbocycles. The SMILES string of the molecule is C=CCOC(=O)N1CCC(CN2CC[C@H](NC(=O)c3cc(Cl)c(N)cc3OC)[C@H](OC)C2)CC1. The molecule has 3 N–H and O–H groups in total. The summed E-state index contributed by atoms with van der Waals surface area (Å²) < 4.78 is 16.2. The predicted octanol–water partition coefficient (Wildman–Crippen LogP) is 2.78. The number of methoxy groups -OCH3 is 2. The van der Waals surface area contributed by atoms with E-state index in [1.807, 2.05) is 0 Å². The minimum absolute atomic E-state index is 0.128. The van der Waals surface area contributed by atoms with Crippen LogP contribution in [0.2, 0.25) is 5.02 Å². The van der Waals surface area contributed by atoms with Gasteiger partial charge in [0.1, 0.15) is 12.4 Å². The van der Waals surface area contributed by atoms with Crippen LogP contribution in [0, 0.1) is 5.92 Å². The van der Waals surface area contributed by atoms with Crippen LogP contribution in [0.25, 0.3) is 0 Å². The number of nitrogens with two attached hydrogens (primary N) is 1. The minimum Gasteiger partial charge on any atom is -0.496 e. The molecule has 1 aromatic carbocycles. The van der Waals surface area contributed by atoms with Gasteiger partial charge in [0.2, 0.25) is 0 Å². The molecule has 188 valence electrons. The zero-order chi connectivity index (χ0) is 24.7. The van der Waals surface area contributed by atoms with Crippen LogP contribution in [0.5, 0.6) is 5.75 Å². The Labute approximate surface area is 206 Å². The lowest BCUT2D eigenvalue weighted by Crippen LogP contribution is -2.55. The van der Waals surface area contributed by atoms with Crippen molar-refractivity contribution in [3.8, 4) is 5.75 Å². The zero-order valence-electron chi connectivity index (χ0n) is 19.9. The number of hydrogen-bond donors (Lipinski definition) is 2. The predicted molar refractivity (Wildman–Crippen MR) is 131 cm³/mol. The highest BCUT2D eigenvalue weighted by Gasteiger charge is 2.33. The molecule has 2 heterocycles. The number of nitrogen functional groups attached to an aromatic ring is 1. The van der Waals surface area contributed by atoms with Crippen LogP contribution in [0.4, 0.5) is 10.5 Å². The zero-order valence-corrected chi connectivity index (χ0v) is 20.7. The minimum atomic E-state index is -0.270. The van der Waals surface area contributed by atoms with Gasteiger partial charge >= 0.3 is 6.09 Å². The first-order valence-electron chi connectivity index (χ1n) is 11.6. The Hall–Kier alpha value is -2.49. The van der Waals surface area contributed by atoms with Crippen molar-refractivity contribution in [2.45, 2.75) is 31.4 Å². The maximum atomic E-state index is 13.0. The van der Waals surface area contributed by atoms with E-state index in [-0.39, 0.29) is 30.8 Å². The average molecular weight is 495 g/mol. The third kappa shape index (κ3) is 6.55. The van der Waals surface area contributed by atoms with E-state index in [2.05, 4.69) is 16.8 Å². The molecule has 0 spiro atoms. The third-order valence-electron chi connectivity index (χ3n) is 6.54. The molecule has 9 nitrogen and oxygen atoms in total. The quantitative estimate of drug-likeness (QED) is 0.422. The molecule has 0 unspecified atom stereocenters. The Morgan fingerprint density at radius 1 is 1.24 bits per heavy atom. The third-order valence-corrected chi connectivity index (χ3v) is 6.87. The molecule has 0 aliphatic carbocycles. The Kier molecular flexibility index (Phi) is 9.44. The summed E-state index contributed by atoms with van der Waals surface area (Å²) in [7, 11) is 3.16. The van der Waals surface area contributed by atoms with E-state index in [1.165, 1.54) is 13.2 Å². The molecule has 2 aliphatic heterocycles. The first kappa shape index (κ1) is 26.1. The highest BCUT2D eigenvalue weighted by Crippen LogP contribution is 2.29. The van der Waals surface area contributed by atoms with Gasteiger partial charge in [-0.05, 0) is 31.2 Å². The number of benzene rings is 1. The number of halogens is 1. The summed E-state index contributed by atoms with van der Waals surface area (Å²) in [6, 6.07) is 2.95. The van der Waals surface area contributed by atoms with E-state index in [0.717, 1.165) is 38.9 Å². The van der Waals surface area contributed by atoms with Gasteiger partial charge in [0.05, 0.1) is 35.5 Å². The second kappa shape index (κ2) is 12.3. The Balaban J connectivity index is 1.51. The molecule has 0 bridgehead atoms. The van der Waals surface area contributed by atoms with Crippen molar-refractivity contribution in [3.05, 3.63) is 35.4 Å². The molecule has 2 amide bonds. The fourth-order valence-electron chi connectivity index (χ4n) is 4.60. The lowest BCUT2D eigenvalue weighted by Gasteiger charge is -2.40. The first-order chi connectivity index (χ1) is 16.4. The fourth-order valence-corrected chi connectivity index (χ4v) is 4.76. The molecule has 2 aliphatic rings. The van der Waals surface area contributed by atoms with Crippen molar-refractivity contribution in [3.63, 3.8) is 0 Å². The maximum Gasteiger partial charge on any atom is 0.410 e. The summed E-state index contributed by atoms with van der Waals surface area (Å²) in [5.41, 5.74) is 6.53. The second-order valence-corrected chi connectivity index (χ2v) is 9.18. The van der Waals surface area contributed by atoms with Crippen LogP contribution >= 0.6 is 11.6 Å². The summed E-state index contributed by atoms with van der Waals surface area (Å²) in [5, 5.41) is 3.39. The van der Waals surface area contributed by atoms with Crippen LogP contribution in [-0.4, -0.2) is 87.5 Å². The molecule has 2 saturated heterocycles. The lowest BCUT2D eigenvalue weighted by molar-refractivity contribution is -0.00131. The van der Waals surface area contributed by atoms with E-state index in [1.54, 1.807) is 24.2 Å². The molecule has 0 aromatic heterocycles. The number of nitrogens with zero attached hydrogens (tertiary/aromatic N) is 2. The van der Waals surface area contributed by atoms with Gasteiger partial charge in [-0.2, -0.15) is 0 Å². The number of hydrogen-bond acceptors (Lipinski definition) is 7. The largest absolute Gasteiger partial charge is 0.496 e. The summed E-state index contributed by atoms with van der Waals surface area (Å²) in [6.07, 6.45) is 3.81. The molecule has 2 fully saturated rings. The van der Waals surface area contributed by atoms with Gasteiger partial charge < -0.3 is 35.1 Å². The average Bonchev–Trinajstić information content (AvgIpc) is 2.85. The van der Waals surface area contributed by atoms with Gasteiger partial charge in [-0.15, -0.1) is 0 Å². The lowest BCUT2D eigenvalue weighted by atomic mass is 9.94. The van der Waals surface area contributed by atoms with Gasteiger partial charge in [0, 0.05) is 45.9 Å². The standard InChI is InChI=1S/C24H35ClN4O5/c1-4-11-34-24(31)29-9-5-16(6-10-29)14-28-8-7-20(22(15-28)33-3)27-23(30)17-12-18(25)19(26)13-21(17)32-2/h4,12-13,16,20,22H,1,5-11,14-15,26H2,2-3H3,(H,27,30)/t20-,22+/m0/s1. The molecule has 3 rings (SSSR count). The normalized spacial score (nSPS) is 21.7. The van der Waals surface area contributed by atoms with Gasteiger partial charge in [-0.3, -0.25) is 4.79 Å². The van der Waals surface area contributed by atoms with Crippen molar-refractivity contribution in [1.29, 1.82) is 0 Å². The number of carbonyl (C=O) groups is 2. The van der Waals surface area contributed by atoms with Crippen molar-refractivity contribution >= 4 is 29.3 Å². The number of anilines is 1. The molecular formula is C24H35ClN4O5. The highest BCUT2D eigenvalue weighted by atomic mass is 35.5. The van der Waals surface area contributed by atoms with Crippen LogP contribution in [0.15, 0.2) is 24.8 Å². The Morgan fingerprint density at radius 2 is 1.97 bits per heavy atom. The van der Waals surface area contributed by atoms with Crippen LogP contribution in [0.3, 0.4) is 0 Å². The molecular weight excluding hydrogens is 460 g/mol. The van der Waals surface area contributed by atoms with Crippen LogP contribution in [0.1, 0.15) is 29.6 Å². The number of likely N-dealkylation sites (tertiary alicyclic amines) is 2. The second-order valence-electron chi connectivity index (χ2n) is 8.77. The molecule has 0 radical (unpaired) electrons. The summed E-state index contributed by atoms with van der Waals surface area (Å²) in [4.78, 5) is 29.1. The summed E-state index contributed by atoms with van der Waals surface area (Å²) in [6.45, 7) is 7.73. The van der Waals surface area contributed by atoms with Crippen LogP contribution < -0.4 is 15.8 Å². The van der Waals surface area contributed by atoms with E-state index in [0.29, 0.717) is 41.0 Å². The van der Waals surface area contributed by atoms with Crippen molar-refractivity contribution in [2.75, 3.05) is 59.3 Å². The number of piperidine rings is 2. The van der Waals surface area contributed by atoms with Gasteiger partial charge in [0.25, 0.3) is 5.91 Å². The van der Waals surface area contributed by atoms with Gasteiger partial charge in [0.15, 0.2) is 0 Å². The van der Waals surface area contributed by atoms with E-state index < -0.39 is 0 Å². The smallest absolute Gasteiger partial charge is 0.410 e. The number of nitrogens with one attached hydrogen (secondary N) is 1. The molecule has 34 heavy (non-hydrogen) atoms. The van der Waals surface area contributed by atoms with Crippen molar-refractivity contribution < 1.29 is 23.8 Å². The van der Waals surface area contributed by atoms with Gasteiger partial charge in [-0.25, -0.2) is 4.79 Å². The fraction of sp³-hybridized carbons (Fsp3) is 0.583. The number of carbonyl (C=O) groups excluding carboxylic acids is 2. The number of amides is 2. The summed E-state index contributed by atoms with van der Waals surface area (Å²) in [5.74, 6) is 0.619. The highest BCUT2D eigenvalue weighted by molar-refractivity contribution is 6.33. The number of rotatable bonds is 8. The number of ether oxygens (including phenoxy) is 3. The monoisotopic (exact) mass is 494 g/mol. The molecule has 10 heteroatoms. The Bertz CT molecular complexity index is 875. The van der Waals surface area contributed by atoms with Crippen molar-refractivity contribution in [2.24, 2.45) is 5.92 Å². The van der Waals surface area contributed by atoms with E-state index in [4.69, 9.17) is 31.5 Å². The summed E-state index contributed by atoms with van der Waals surface area (Å²) >= 11 is 6.12. The van der Waals surface area contributed by atoms with Crippen molar-refractivity contribution in [1.82, 2.24) is 15.1 Å². The maximum absolute atomic E-state index is 13.0. The molecule has 2 atom stereocenters. The topological polar surface area (TPSA) is 106 Å². The van der Waals surface area contributed by atoms with Crippen LogP contribution in [-0.2, 0) is 9.47 Å². The van der Waals surface area contributed by atoms with E-state index >= 15 is 0 Å². The van der Waals surface area contributed by atoms with Gasteiger partial charge in [-0.1, -0.05) is 24.3 Å². The van der Waals surface area contributed by atoms with E-state index in [9.17, 15) is 9.59 Å².